The van der Waals surface area contributed by atoms with Crippen molar-refractivity contribution in [2.24, 2.45) is 0 Å². The molecule has 0 fully saturated rings. The Bertz CT molecular complexity index is 688. The largest absolute Gasteiger partial charge is 0.462 e. The van der Waals surface area contributed by atoms with Gasteiger partial charge in [0.25, 0.3) is 6.10 Å². The number of halogens is 15. The highest BCUT2D eigenvalue weighted by atomic mass is 19.4. The zero-order chi connectivity index (χ0) is 26.0. The lowest BCUT2D eigenvalue weighted by Crippen LogP contribution is -2.61. The summed E-state index contributed by atoms with van der Waals surface area (Å²) in [6.45, 7) is -1.98. The van der Waals surface area contributed by atoms with Crippen molar-refractivity contribution in [3.63, 3.8) is 0 Å². The molecule has 0 radical (unpaired) electrons. The highest BCUT2D eigenvalue weighted by molar-refractivity contribution is 5.91. The van der Waals surface area contributed by atoms with Gasteiger partial charge < -0.3 is 9.47 Å². The van der Waals surface area contributed by atoms with Gasteiger partial charge in [-0.2, -0.15) is 65.9 Å². The summed E-state index contributed by atoms with van der Waals surface area (Å²) in [4.78, 5) is 21.9. The first kappa shape index (κ1) is 29.6. The third-order valence-electron chi connectivity index (χ3n) is 3.05. The van der Waals surface area contributed by atoms with E-state index < -0.39 is 73.4 Å². The number of rotatable bonds is 8. The van der Waals surface area contributed by atoms with Crippen LogP contribution in [0.25, 0.3) is 0 Å². The molecule has 0 amide bonds. The molecule has 0 heterocycles. The molecule has 0 spiro atoms. The molecule has 0 atom stereocenters. The van der Waals surface area contributed by atoms with Gasteiger partial charge in [0.1, 0.15) is 0 Å². The van der Waals surface area contributed by atoms with Gasteiger partial charge in [-0.15, -0.1) is 0 Å². The van der Waals surface area contributed by atoms with Crippen LogP contribution in [0.3, 0.4) is 0 Å². The van der Waals surface area contributed by atoms with Crippen molar-refractivity contribution in [3.05, 3.63) is 12.2 Å². The second-order valence-corrected chi connectivity index (χ2v) is 5.50. The van der Waals surface area contributed by atoms with E-state index in [-0.39, 0.29) is 6.08 Å². The van der Waals surface area contributed by atoms with Crippen molar-refractivity contribution >= 4 is 11.9 Å². The Balaban J connectivity index is 5.01. The summed E-state index contributed by atoms with van der Waals surface area (Å²) in [7, 11) is 0. The summed E-state index contributed by atoms with van der Waals surface area (Å²) in [5.74, 6) is -24.8. The normalized spacial score (nSPS) is 14.8. The number of hydrogen-bond acceptors (Lipinski definition) is 4. The molecule has 0 saturated heterocycles. The number of ether oxygens (including phenoxy) is 2. The SMILES string of the molecule is O=C(C=CC(=O)OC(C(F)(F)F)C(F)(F)F)OCCC(F)(F)C(F)(F)C(F)(F)C(F)(F)F. The molecule has 0 N–H and O–H groups in total. The standard InChI is InChI=1S/C13H7F15O4/c14-8(15,11(22,23)12(24,25)13(26,27)28)3-4-31-5(29)1-2-6(30)32-7(9(16,17)18)10(19,20)21/h1-2,7H,3-4H2. The Kier molecular flexibility index (Phi) is 8.56. The van der Waals surface area contributed by atoms with E-state index in [1.807, 2.05) is 0 Å². The van der Waals surface area contributed by atoms with Gasteiger partial charge in [0.05, 0.1) is 13.0 Å². The van der Waals surface area contributed by atoms with Crippen LogP contribution in [0.4, 0.5) is 65.9 Å². The van der Waals surface area contributed by atoms with E-state index in [4.69, 9.17) is 0 Å². The second-order valence-electron chi connectivity index (χ2n) is 5.50. The van der Waals surface area contributed by atoms with Crippen LogP contribution in [-0.2, 0) is 19.1 Å². The van der Waals surface area contributed by atoms with E-state index in [1.165, 1.54) is 0 Å². The summed E-state index contributed by atoms with van der Waals surface area (Å²) in [5.41, 5.74) is 0. The Morgan fingerprint density at radius 2 is 1.06 bits per heavy atom. The Morgan fingerprint density at radius 3 is 1.44 bits per heavy atom. The molecular weight excluding hydrogens is 505 g/mol. The summed E-state index contributed by atoms with van der Waals surface area (Å²) < 4.78 is 192. The van der Waals surface area contributed by atoms with Crippen LogP contribution in [0.15, 0.2) is 12.2 Å². The van der Waals surface area contributed by atoms with Crippen molar-refractivity contribution < 1.29 is 84.9 Å². The number of carbonyl (C=O) groups excluding carboxylic acids is 2. The fourth-order valence-corrected chi connectivity index (χ4v) is 1.50. The first-order chi connectivity index (χ1) is 13.9. The van der Waals surface area contributed by atoms with E-state index in [9.17, 15) is 75.4 Å². The maximum atomic E-state index is 13.1. The zero-order valence-electron chi connectivity index (χ0n) is 14.4. The summed E-state index contributed by atoms with van der Waals surface area (Å²) in [6, 6.07) is 0. The summed E-state index contributed by atoms with van der Waals surface area (Å²) >= 11 is 0. The number of hydrogen-bond donors (Lipinski definition) is 0. The molecule has 0 saturated carbocycles. The van der Waals surface area contributed by atoms with Crippen LogP contribution in [0.2, 0.25) is 0 Å². The number of carbonyl (C=O) groups is 2. The average molecular weight is 512 g/mol. The molecular formula is C13H7F15O4. The van der Waals surface area contributed by atoms with Gasteiger partial charge in [-0.05, 0) is 0 Å². The maximum Gasteiger partial charge on any atom is 0.460 e. The lowest BCUT2D eigenvalue weighted by molar-refractivity contribution is -0.397. The first-order valence-electron chi connectivity index (χ1n) is 7.27. The quantitative estimate of drug-likeness (QED) is 0.262. The molecule has 0 aromatic carbocycles. The van der Waals surface area contributed by atoms with Crippen LogP contribution < -0.4 is 0 Å². The van der Waals surface area contributed by atoms with Crippen LogP contribution in [0, 0.1) is 0 Å². The molecule has 188 valence electrons. The van der Waals surface area contributed by atoms with Crippen molar-refractivity contribution in [2.45, 2.75) is 48.8 Å². The fourth-order valence-electron chi connectivity index (χ4n) is 1.50. The van der Waals surface area contributed by atoms with Gasteiger partial charge >= 0.3 is 48.2 Å². The molecule has 19 heteroatoms. The van der Waals surface area contributed by atoms with Crippen molar-refractivity contribution in [1.82, 2.24) is 0 Å². The molecule has 32 heavy (non-hydrogen) atoms. The lowest BCUT2D eigenvalue weighted by Gasteiger charge is -2.33. The first-order valence-corrected chi connectivity index (χ1v) is 7.27. The Morgan fingerprint density at radius 1 is 0.656 bits per heavy atom. The predicted molar refractivity (Wildman–Crippen MR) is 67.6 cm³/mol. The van der Waals surface area contributed by atoms with Crippen molar-refractivity contribution in [2.75, 3.05) is 6.61 Å². The number of esters is 2. The van der Waals surface area contributed by atoms with Gasteiger partial charge in [0.15, 0.2) is 0 Å². The van der Waals surface area contributed by atoms with Gasteiger partial charge in [-0.25, -0.2) is 9.59 Å². The highest BCUT2D eigenvalue weighted by Gasteiger charge is 2.81. The molecule has 0 rings (SSSR count). The molecule has 4 nitrogen and oxygen atoms in total. The average Bonchev–Trinajstić information content (AvgIpc) is 2.54. The van der Waals surface area contributed by atoms with Crippen LogP contribution in [-0.4, -0.2) is 60.9 Å². The molecule has 0 aliphatic carbocycles. The van der Waals surface area contributed by atoms with Crippen LogP contribution in [0.1, 0.15) is 6.42 Å². The highest BCUT2D eigenvalue weighted by Crippen LogP contribution is 2.53. The van der Waals surface area contributed by atoms with E-state index >= 15 is 0 Å². The molecule has 0 unspecified atom stereocenters. The van der Waals surface area contributed by atoms with E-state index in [2.05, 4.69) is 9.47 Å². The zero-order valence-corrected chi connectivity index (χ0v) is 14.4. The van der Waals surface area contributed by atoms with Crippen molar-refractivity contribution in [3.8, 4) is 0 Å². The summed E-state index contributed by atoms with van der Waals surface area (Å²) in [5, 5.41) is 0. The van der Waals surface area contributed by atoms with Gasteiger partial charge in [-0.3, -0.25) is 0 Å². The van der Waals surface area contributed by atoms with E-state index in [0.29, 0.717) is 0 Å². The van der Waals surface area contributed by atoms with Crippen molar-refractivity contribution in [1.29, 1.82) is 0 Å². The lowest BCUT2D eigenvalue weighted by atomic mass is 10.0. The molecule has 0 aromatic heterocycles. The van der Waals surface area contributed by atoms with Crippen LogP contribution >= 0.6 is 0 Å². The topological polar surface area (TPSA) is 52.6 Å². The van der Waals surface area contributed by atoms with E-state index in [1.54, 1.807) is 0 Å². The second kappa shape index (κ2) is 9.24. The minimum absolute atomic E-state index is 0.327. The Labute approximate surface area is 165 Å². The smallest absolute Gasteiger partial charge is 0.460 e. The minimum atomic E-state index is -7.20. The number of alkyl halides is 15. The van der Waals surface area contributed by atoms with Gasteiger partial charge in [-0.1, -0.05) is 0 Å². The van der Waals surface area contributed by atoms with Gasteiger partial charge in [0.2, 0.25) is 0 Å². The fraction of sp³-hybridized carbons (Fsp3) is 0.692. The van der Waals surface area contributed by atoms with Gasteiger partial charge in [0, 0.05) is 12.2 Å². The monoisotopic (exact) mass is 512 g/mol. The maximum absolute atomic E-state index is 13.1. The predicted octanol–water partition coefficient (Wildman–Crippen LogP) is 4.98. The summed E-state index contributed by atoms with van der Waals surface area (Å²) in [6.07, 6.45) is -27.4. The molecule has 0 aliphatic rings. The molecule has 0 aliphatic heterocycles. The third-order valence-corrected chi connectivity index (χ3v) is 3.05. The van der Waals surface area contributed by atoms with Crippen LogP contribution in [0.5, 0.6) is 0 Å². The minimum Gasteiger partial charge on any atom is -0.462 e. The molecule has 0 bridgehead atoms. The third kappa shape index (κ3) is 7.07. The Hall–Kier alpha value is -2.37. The molecule has 0 aromatic rings. The van der Waals surface area contributed by atoms with E-state index in [0.717, 1.165) is 0 Å².